The SMILES string of the molecule is COc1cccc(N2CCC(CNC(=O)c3sc(C)nc3C)C2)c1. The number of amides is 1. The van der Waals surface area contributed by atoms with Gasteiger partial charge >= 0.3 is 0 Å². The Hall–Kier alpha value is -2.08. The van der Waals surface area contributed by atoms with E-state index in [0.717, 1.165) is 40.8 Å². The fourth-order valence-corrected chi connectivity index (χ4v) is 3.94. The molecule has 5 nitrogen and oxygen atoms in total. The second-order valence-corrected chi connectivity index (χ2v) is 7.36. The minimum absolute atomic E-state index is 0.00192. The summed E-state index contributed by atoms with van der Waals surface area (Å²) < 4.78 is 5.29. The van der Waals surface area contributed by atoms with Crippen molar-refractivity contribution in [3.05, 3.63) is 39.8 Å². The lowest BCUT2D eigenvalue weighted by Gasteiger charge is -2.19. The fourth-order valence-electron chi connectivity index (χ4n) is 3.10. The van der Waals surface area contributed by atoms with E-state index in [1.807, 2.05) is 26.0 Å². The van der Waals surface area contributed by atoms with E-state index in [2.05, 4.69) is 27.3 Å². The van der Waals surface area contributed by atoms with E-state index in [9.17, 15) is 4.79 Å². The van der Waals surface area contributed by atoms with Crippen LogP contribution in [0.2, 0.25) is 0 Å². The van der Waals surface area contributed by atoms with Gasteiger partial charge in [-0.2, -0.15) is 0 Å². The second kappa shape index (κ2) is 7.21. The Morgan fingerprint density at radius 3 is 3.00 bits per heavy atom. The first-order valence-electron chi connectivity index (χ1n) is 8.18. The molecule has 1 aromatic carbocycles. The number of thiazole rings is 1. The number of carbonyl (C=O) groups is 1. The molecule has 0 bridgehead atoms. The third-order valence-electron chi connectivity index (χ3n) is 4.37. The van der Waals surface area contributed by atoms with Gasteiger partial charge in [0, 0.05) is 31.4 Å². The summed E-state index contributed by atoms with van der Waals surface area (Å²) in [6.45, 7) is 6.48. The first-order valence-corrected chi connectivity index (χ1v) is 8.99. The number of hydrogen-bond donors (Lipinski definition) is 1. The number of nitrogens with zero attached hydrogens (tertiary/aromatic N) is 2. The van der Waals surface area contributed by atoms with Gasteiger partial charge < -0.3 is 15.0 Å². The van der Waals surface area contributed by atoms with Crippen LogP contribution in [0.15, 0.2) is 24.3 Å². The maximum Gasteiger partial charge on any atom is 0.263 e. The number of methoxy groups -OCH3 is 1. The van der Waals surface area contributed by atoms with Gasteiger partial charge in [-0.05, 0) is 38.3 Å². The number of aromatic nitrogens is 1. The molecule has 1 fully saturated rings. The van der Waals surface area contributed by atoms with Crippen molar-refractivity contribution in [1.29, 1.82) is 0 Å². The normalized spacial score (nSPS) is 17.1. The minimum Gasteiger partial charge on any atom is -0.497 e. The summed E-state index contributed by atoms with van der Waals surface area (Å²) in [5.74, 6) is 1.34. The summed E-state index contributed by atoms with van der Waals surface area (Å²) in [6.07, 6.45) is 1.08. The van der Waals surface area contributed by atoms with Gasteiger partial charge in [0.15, 0.2) is 0 Å². The second-order valence-electron chi connectivity index (χ2n) is 6.16. The Labute approximate surface area is 146 Å². The molecular formula is C18H23N3O2S. The molecule has 1 N–H and O–H groups in total. The van der Waals surface area contributed by atoms with Crippen molar-refractivity contribution in [3.8, 4) is 5.75 Å². The summed E-state index contributed by atoms with van der Waals surface area (Å²) >= 11 is 1.46. The van der Waals surface area contributed by atoms with Crippen LogP contribution in [0.5, 0.6) is 5.75 Å². The van der Waals surface area contributed by atoms with Crippen LogP contribution in [0, 0.1) is 19.8 Å². The van der Waals surface area contributed by atoms with Gasteiger partial charge in [0.2, 0.25) is 0 Å². The Balaban J connectivity index is 1.54. The number of nitrogens with one attached hydrogen (secondary N) is 1. The van der Waals surface area contributed by atoms with Crippen LogP contribution in [-0.4, -0.2) is 37.6 Å². The van der Waals surface area contributed by atoms with Crippen molar-refractivity contribution in [1.82, 2.24) is 10.3 Å². The molecule has 1 aliphatic heterocycles. The van der Waals surface area contributed by atoms with Crippen LogP contribution in [0.4, 0.5) is 5.69 Å². The Morgan fingerprint density at radius 1 is 1.46 bits per heavy atom. The third kappa shape index (κ3) is 3.70. The summed E-state index contributed by atoms with van der Waals surface area (Å²) in [5, 5.41) is 4.00. The van der Waals surface area contributed by atoms with Gasteiger partial charge in [0.05, 0.1) is 17.8 Å². The zero-order valence-corrected chi connectivity index (χ0v) is 15.2. The van der Waals surface area contributed by atoms with E-state index in [1.165, 1.54) is 17.0 Å². The Morgan fingerprint density at radius 2 is 2.29 bits per heavy atom. The van der Waals surface area contributed by atoms with E-state index < -0.39 is 0 Å². The molecule has 128 valence electrons. The molecule has 1 saturated heterocycles. The summed E-state index contributed by atoms with van der Waals surface area (Å²) in [7, 11) is 1.69. The van der Waals surface area contributed by atoms with Crippen molar-refractivity contribution in [3.63, 3.8) is 0 Å². The van der Waals surface area contributed by atoms with Gasteiger partial charge in [-0.15, -0.1) is 11.3 Å². The molecular weight excluding hydrogens is 322 g/mol. The molecule has 0 spiro atoms. The zero-order chi connectivity index (χ0) is 17.1. The highest BCUT2D eigenvalue weighted by Gasteiger charge is 2.24. The monoisotopic (exact) mass is 345 g/mol. The molecule has 1 aromatic heterocycles. The van der Waals surface area contributed by atoms with E-state index in [0.29, 0.717) is 12.5 Å². The molecule has 1 aliphatic rings. The molecule has 1 amide bonds. The summed E-state index contributed by atoms with van der Waals surface area (Å²) in [6, 6.07) is 8.13. The standard InChI is InChI=1S/C18H23N3O2S/c1-12-17(24-13(2)20-12)18(22)19-10-14-7-8-21(11-14)15-5-4-6-16(9-15)23-3/h4-6,9,14H,7-8,10-11H2,1-3H3,(H,19,22). The molecule has 24 heavy (non-hydrogen) atoms. The first-order chi connectivity index (χ1) is 11.6. The average molecular weight is 345 g/mol. The average Bonchev–Trinajstić information content (AvgIpc) is 3.19. The Bertz CT molecular complexity index is 729. The molecule has 2 heterocycles. The summed E-state index contributed by atoms with van der Waals surface area (Å²) in [4.78, 5) is 19.7. The van der Waals surface area contributed by atoms with E-state index in [-0.39, 0.29) is 5.91 Å². The largest absolute Gasteiger partial charge is 0.497 e. The molecule has 1 unspecified atom stereocenters. The highest BCUT2D eigenvalue weighted by Crippen LogP contribution is 2.26. The lowest BCUT2D eigenvalue weighted by molar-refractivity contribution is 0.0951. The molecule has 3 rings (SSSR count). The van der Waals surface area contributed by atoms with Crippen LogP contribution in [0.1, 0.15) is 26.8 Å². The predicted octanol–water partition coefficient (Wildman–Crippen LogP) is 3.02. The molecule has 0 aliphatic carbocycles. The topological polar surface area (TPSA) is 54.5 Å². The minimum atomic E-state index is -0.00192. The number of carbonyl (C=O) groups excluding carboxylic acids is 1. The van der Waals surface area contributed by atoms with E-state index in [4.69, 9.17) is 4.74 Å². The van der Waals surface area contributed by atoms with Gasteiger partial charge in [0.25, 0.3) is 5.91 Å². The molecule has 2 aromatic rings. The Kier molecular flexibility index (Phi) is 5.04. The zero-order valence-electron chi connectivity index (χ0n) is 14.3. The van der Waals surface area contributed by atoms with Crippen LogP contribution in [0.25, 0.3) is 0 Å². The van der Waals surface area contributed by atoms with Gasteiger partial charge in [-0.3, -0.25) is 4.79 Å². The highest BCUT2D eigenvalue weighted by atomic mass is 32.1. The molecule has 6 heteroatoms. The summed E-state index contributed by atoms with van der Waals surface area (Å²) in [5.41, 5.74) is 2.00. The number of aryl methyl sites for hydroxylation is 2. The number of benzene rings is 1. The fraction of sp³-hybridized carbons (Fsp3) is 0.444. The maximum absolute atomic E-state index is 12.3. The highest BCUT2D eigenvalue weighted by molar-refractivity contribution is 7.13. The van der Waals surface area contributed by atoms with Gasteiger partial charge in [-0.1, -0.05) is 6.07 Å². The van der Waals surface area contributed by atoms with E-state index >= 15 is 0 Å². The maximum atomic E-state index is 12.3. The molecule has 0 saturated carbocycles. The number of rotatable bonds is 5. The number of anilines is 1. The van der Waals surface area contributed by atoms with Crippen LogP contribution < -0.4 is 15.0 Å². The van der Waals surface area contributed by atoms with Gasteiger partial charge in [0.1, 0.15) is 10.6 Å². The van der Waals surface area contributed by atoms with Crippen LogP contribution in [0.3, 0.4) is 0 Å². The first kappa shape index (κ1) is 16.8. The molecule has 1 atom stereocenters. The number of hydrogen-bond acceptors (Lipinski definition) is 5. The van der Waals surface area contributed by atoms with Crippen LogP contribution in [-0.2, 0) is 0 Å². The van der Waals surface area contributed by atoms with Crippen LogP contribution >= 0.6 is 11.3 Å². The lowest BCUT2D eigenvalue weighted by Crippen LogP contribution is -2.30. The number of ether oxygens (including phenoxy) is 1. The predicted molar refractivity (Wildman–Crippen MR) is 97.2 cm³/mol. The van der Waals surface area contributed by atoms with E-state index in [1.54, 1.807) is 7.11 Å². The van der Waals surface area contributed by atoms with Crippen molar-refractivity contribution in [2.75, 3.05) is 31.6 Å². The van der Waals surface area contributed by atoms with Crippen molar-refractivity contribution >= 4 is 22.9 Å². The van der Waals surface area contributed by atoms with Crippen molar-refractivity contribution in [2.24, 2.45) is 5.92 Å². The third-order valence-corrected chi connectivity index (χ3v) is 5.44. The lowest BCUT2D eigenvalue weighted by atomic mass is 10.1. The van der Waals surface area contributed by atoms with Gasteiger partial charge in [-0.25, -0.2) is 4.98 Å². The smallest absolute Gasteiger partial charge is 0.263 e. The molecule has 0 radical (unpaired) electrons. The van der Waals surface area contributed by atoms with Crippen molar-refractivity contribution in [2.45, 2.75) is 20.3 Å². The quantitative estimate of drug-likeness (QED) is 0.905. The van der Waals surface area contributed by atoms with Crippen molar-refractivity contribution < 1.29 is 9.53 Å².